The van der Waals surface area contributed by atoms with Crippen LogP contribution >= 0.6 is 0 Å². The number of benzene rings is 2. The second-order valence-electron chi connectivity index (χ2n) is 8.40. The molecule has 0 spiro atoms. The molecule has 31 heavy (non-hydrogen) atoms. The number of amides is 1. The molecule has 0 unspecified atom stereocenters. The van der Waals surface area contributed by atoms with Gasteiger partial charge in [-0.25, -0.2) is 0 Å². The summed E-state index contributed by atoms with van der Waals surface area (Å²) in [5.74, 6) is 0.690. The van der Waals surface area contributed by atoms with Crippen molar-refractivity contribution in [2.45, 2.75) is 39.5 Å². The molecule has 0 saturated heterocycles. The van der Waals surface area contributed by atoms with Crippen LogP contribution in [0.3, 0.4) is 0 Å². The van der Waals surface area contributed by atoms with E-state index in [9.17, 15) is 4.79 Å². The third-order valence-corrected chi connectivity index (χ3v) is 6.05. The molecule has 1 amide bonds. The van der Waals surface area contributed by atoms with Gasteiger partial charge in [-0.3, -0.25) is 4.79 Å². The molecule has 1 aliphatic rings. The molecule has 1 aromatic heterocycles. The minimum atomic E-state index is -0.0327. The lowest BCUT2D eigenvalue weighted by Gasteiger charge is -2.21. The van der Waals surface area contributed by atoms with Crippen LogP contribution in [0, 0.1) is 5.92 Å². The monoisotopic (exact) mass is 416 g/mol. The van der Waals surface area contributed by atoms with Gasteiger partial charge in [-0.1, -0.05) is 37.3 Å². The van der Waals surface area contributed by atoms with Gasteiger partial charge in [0.15, 0.2) is 0 Å². The van der Waals surface area contributed by atoms with Crippen molar-refractivity contribution in [3.63, 3.8) is 0 Å². The Hall–Kier alpha value is -2.85. The molecule has 0 fully saturated rings. The van der Waals surface area contributed by atoms with Gasteiger partial charge in [0.2, 0.25) is 0 Å². The molecule has 0 bridgehead atoms. The van der Waals surface area contributed by atoms with Crippen molar-refractivity contribution in [3.8, 4) is 16.9 Å². The van der Waals surface area contributed by atoms with Crippen molar-refractivity contribution in [1.29, 1.82) is 0 Å². The van der Waals surface area contributed by atoms with Crippen LogP contribution in [0.4, 0.5) is 0 Å². The molecule has 1 atom stereocenters. The van der Waals surface area contributed by atoms with Crippen LogP contribution in [0.2, 0.25) is 0 Å². The predicted molar refractivity (Wildman–Crippen MR) is 126 cm³/mol. The van der Waals surface area contributed by atoms with Gasteiger partial charge in [0, 0.05) is 36.7 Å². The Bertz CT molecular complexity index is 1010. The average Bonchev–Trinajstić information content (AvgIpc) is 3.18. The van der Waals surface area contributed by atoms with Crippen molar-refractivity contribution < 1.29 is 9.53 Å². The van der Waals surface area contributed by atoms with Crippen LogP contribution in [0.25, 0.3) is 16.9 Å². The Balaban J connectivity index is 1.58. The highest BCUT2D eigenvalue weighted by Crippen LogP contribution is 2.35. The van der Waals surface area contributed by atoms with Gasteiger partial charge in [-0.05, 0) is 80.0 Å². The zero-order chi connectivity index (χ0) is 21.6. The molecular formula is C27H32N2O2. The van der Waals surface area contributed by atoms with E-state index in [0.717, 1.165) is 30.9 Å². The normalized spacial score (nSPS) is 15.5. The molecule has 0 saturated carbocycles. The number of aromatic nitrogens is 1. The number of rotatable bonds is 8. The molecule has 4 nitrogen and oxygen atoms in total. The molecule has 1 heterocycles. The number of ether oxygens (including phenoxy) is 1. The lowest BCUT2D eigenvalue weighted by Crippen LogP contribution is -2.25. The highest BCUT2D eigenvalue weighted by atomic mass is 16.5. The number of nitrogens with zero attached hydrogens (tertiary/aromatic N) is 1. The third-order valence-electron chi connectivity index (χ3n) is 6.05. The number of hydrogen-bond donors (Lipinski definition) is 1. The summed E-state index contributed by atoms with van der Waals surface area (Å²) in [4.78, 5) is 12.5. The van der Waals surface area contributed by atoms with E-state index in [0.29, 0.717) is 25.3 Å². The first-order chi connectivity index (χ1) is 15.2. The second kappa shape index (κ2) is 9.97. The van der Waals surface area contributed by atoms with Crippen LogP contribution in [0.15, 0.2) is 60.7 Å². The van der Waals surface area contributed by atoms with Gasteiger partial charge in [0.1, 0.15) is 0 Å². The van der Waals surface area contributed by atoms with Crippen molar-refractivity contribution in [2.24, 2.45) is 5.92 Å². The van der Waals surface area contributed by atoms with Gasteiger partial charge in [0.05, 0.1) is 5.69 Å². The van der Waals surface area contributed by atoms with Gasteiger partial charge in [-0.2, -0.15) is 0 Å². The maximum atomic E-state index is 12.5. The number of nitrogens with one attached hydrogen (secondary N) is 1. The van der Waals surface area contributed by atoms with E-state index in [2.05, 4.69) is 65.3 Å². The number of carbonyl (C=O) groups excluding carboxylic acids is 1. The first kappa shape index (κ1) is 21.4. The van der Waals surface area contributed by atoms with Crippen molar-refractivity contribution in [3.05, 3.63) is 77.5 Å². The minimum absolute atomic E-state index is 0.0327. The zero-order valence-corrected chi connectivity index (χ0v) is 18.6. The number of carbonyl (C=O) groups is 1. The van der Waals surface area contributed by atoms with Gasteiger partial charge in [0.25, 0.3) is 5.91 Å². The van der Waals surface area contributed by atoms with Crippen LogP contribution in [0.1, 0.15) is 48.3 Å². The third kappa shape index (κ3) is 4.91. The fourth-order valence-corrected chi connectivity index (χ4v) is 4.41. The first-order valence-electron chi connectivity index (χ1n) is 11.4. The van der Waals surface area contributed by atoms with Gasteiger partial charge < -0.3 is 14.6 Å². The smallest absolute Gasteiger partial charge is 0.251 e. The second-order valence-corrected chi connectivity index (χ2v) is 8.40. The highest BCUT2D eigenvalue weighted by molar-refractivity contribution is 5.94. The van der Waals surface area contributed by atoms with Crippen molar-refractivity contribution in [2.75, 3.05) is 19.8 Å². The zero-order valence-electron chi connectivity index (χ0n) is 18.6. The van der Waals surface area contributed by atoms with Gasteiger partial charge >= 0.3 is 0 Å². The SMILES string of the molecule is CCOCCCNC(=O)c1ccc(-n2c(-c3ccccc3)cc3c2CC[C@@H](C)C3)cc1. The maximum absolute atomic E-state index is 12.5. The molecular weight excluding hydrogens is 384 g/mol. The summed E-state index contributed by atoms with van der Waals surface area (Å²) < 4.78 is 7.71. The average molecular weight is 417 g/mol. The molecule has 4 rings (SSSR count). The predicted octanol–water partition coefficient (Wildman–Crippen LogP) is 5.43. The summed E-state index contributed by atoms with van der Waals surface area (Å²) in [6.07, 6.45) is 4.26. The van der Waals surface area contributed by atoms with E-state index in [1.54, 1.807) is 0 Å². The molecule has 4 heteroatoms. The standard InChI is InChI=1S/C27H32N2O2/c1-3-31-17-7-16-28-27(30)22-11-13-24(14-12-22)29-25-15-10-20(2)18-23(25)19-26(29)21-8-5-4-6-9-21/h4-6,8-9,11-14,19-20H,3,7,10,15-18H2,1-2H3,(H,28,30)/t20-/m1/s1. The maximum Gasteiger partial charge on any atom is 0.251 e. The summed E-state index contributed by atoms with van der Waals surface area (Å²) in [7, 11) is 0. The summed E-state index contributed by atoms with van der Waals surface area (Å²) >= 11 is 0. The summed E-state index contributed by atoms with van der Waals surface area (Å²) in [6, 6.07) is 20.9. The topological polar surface area (TPSA) is 43.3 Å². The van der Waals surface area contributed by atoms with Crippen LogP contribution in [-0.4, -0.2) is 30.2 Å². The molecule has 3 aromatic rings. The summed E-state index contributed by atoms with van der Waals surface area (Å²) in [5.41, 5.74) is 7.12. The molecule has 1 N–H and O–H groups in total. The van der Waals surface area contributed by atoms with E-state index in [4.69, 9.17) is 4.74 Å². The summed E-state index contributed by atoms with van der Waals surface area (Å²) in [5, 5.41) is 2.98. The van der Waals surface area contributed by atoms with E-state index in [-0.39, 0.29) is 5.91 Å². The van der Waals surface area contributed by atoms with Crippen molar-refractivity contribution in [1.82, 2.24) is 9.88 Å². The van der Waals surface area contributed by atoms with Crippen LogP contribution in [0.5, 0.6) is 0 Å². The van der Waals surface area contributed by atoms with E-state index in [1.165, 1.54) is 28.9 Å². The van der Waals surface area contributed by atoms with Crippen molar-refractivity contribution >= 4 is 5.91 Å². The Kier molecular flexibility index (Phi) is 6.88. The fourth-order valence-electron chi connectivity index (χ4n) is 4.41. The lowest BCUT2D eigenvalue weighted by atomic mass is 9.89. The van der Waals surface area contributed by atoms with Crippen LogP contribution < -0.4 is 5.32 Å². The molecule has 0 aliphatic heterocycles. The Morgan fingerprint density at radius 1 is 1.13 bits per heavy atom. The number of hydrogen-bond acceptors (Lipinski definition) is 2. The lowest BCUT2D eigenvalue weighted by molar-refractivity contribution is 0.0944. The molecule has 162 valence electrons. The highest BCUT2D eigenvalue weighted by Gasteiger charge is 2.23. The van der Waals surface area contributed by atoms with E-state index in [1.807, 2.05) is 19.1 Å². The Labute approximate surface area is 185 Å². The van der Waals surface area contributed by atoms with Gasteiger partial charge in [-0.15, -0.1) is 0 Å². The fraction of sp³-hybridized carbons (Fsp3) is 0.370. The molecule has 1 aliphatic carbocycles. The first-order valence-corrected chi connectivity index (χ1v) is 11.4. The largest absolute Gasteiger partial charge is 0.382 e. The molecule has 2 aromatic carbocycles. The quantitative estimate of drug-likeness (QED) is 0.498. The number of fused-ring (bicyclic) bond motifs is 1. The van der Waals surface area contributed by atoms with E-state index < -0.39 is 0 Å². The minimum Gasteiger partial charge on any atom is -0.382 e. The summed E-state index contributed by atoms with van der Waals surface area (Å²) in [6.45, 7) is 6.33. The van der Waals surface area contributed by atoms with E-state index >= 15 is 0 Å². The van der Waals surface area contributed by atoms with Crippen LogP contribution in [-0.2, 0) is 17.6 Å². The Morgan fingerprint density at radius 3 is 2.65 bits per heavy atom. The Morgan fingerprint density at radius 2 is 1.90 bits per heavy atom. The molecule has 0 radical (unpaired) electrons.